The molecule has 1 atom stereocenters. The van der Waals surface area contributed by atoms with Crippen molar-refractivity contribution in [3.8, 4) is 5.75 Å². The molecule has 19 heavy (non-hydrogen) atoms. The lowest BCUT2D eigenvalue weighted by Crippen LogP contribution is -2.34. The molecule has 3 N–H and O–H groups in total. The number of benzene rings is 1. The van der Waals surface area contributed by atoms with Crippen LogP contribution in [0.15, 0.2) is 24.3 Å². The molecule has 0 aromatic heterocycles. The predicted molar refractivity (Wildman–Crippen MR) is 82.8 cm³/mol. The molecule has 0 aliphatic heterocycles. The summed E-state index contributed by atoms with van der Waals surface area (Å²) in [7, 11) is 0. The zero-order valence-electron chi connectivity index (χ0n) is 12.5. The first kappa shape index (κ1) is 15.8. The Balaban J connectivity index is 2.48. The van der Waals surface area contributed by atoms with Crippen LogP contribution in [0.3, 0.4) is 0 Å². The minimum absolute atomic E-state index is 0.160. The fraction of sp³-hybridized carbons (Fsp3) is 0.625. The molecule has 0 bridgehead atoms. The van der Waals surface area contributed by atoms with Gasteiger partial charge in [0, 0.05) is 12.6 Å². The second-order valence-electron chi connectivity index (χ2n) is 5.34. The lowest BCUT2D eigenvalue weighted by atomic mass is 10.1. The number of unbranched alkanes of at least 4 members (excludes halogenated alkanes) is 2. The normalized spacial score (nSPS) is 12.5. The molecule has 108 valence electrons. The van der Waals surface area contributed by atoms with E-state index in [1.165, 1.54) is 12.8 Å². The number of anilines is 1. The van der Waals surface area contributed by atoms with Gasteiger partial charge in [-0.2, -0.15) is 0 Å². The van der Waals surface area contributed by atoms with Crippen LogP contribution in [0.25, 0.3) is 0 Å². The molecule has 0 aliphatic rings. The van der Waals surface area contributed by atoms with Crippen molar-refractivity contribution in [1.29, 1.82) is 0 Å². The van der Waals surface area contributed by atoms with Crippen LogP contribution >= 0.6 is 0 Å². The fourth-order valence-corrected chi connectivity index (χ4v) is 1.74. The third-order valence-corrected chi connectivity index (χ3v) is 3.28. The van der Waals surface area contributed by atoms with Gasteiger partial charge in [0.15, 0.2) is 0 Å². The Kier molecular flexibility index (Phi) is 7.34. The quantitative estimate of drug-likeness (QED) is 0.669. The summed E-state index contributed by atoms with van der Waals surface area (Å²) in [4.78, 5) is 0. The molecule has 0 saturated carbocycles. The average Bonchev–Trinajstić information content (AvgIpc) is 2.42. The predicted octanol–water partition coefficient (Wildman–Crippen LogP) is 3.65. The molecule has 3 heteroatoms. The second kappa shape index (κ2) is 8.81. The first-order valence-electron chi connectivity index (χ1n) is 7.36. The van der Waals surface area contributed by atoms with Crippen molar-refractivity contribution in [3.63, 3.8) is 0 Å². The number of ether oxygens (including phenoxy) is 1. The van der Waals surface area contributed by atoms with Crippen LogP contribution in [-0.4, -0.2) is 19.2 Å². The summed E-state index contributed by atoms with van der Waals surface area (Å²) < 4.78 is 5.83. The molecular weight excluding hydrogens is 236 g/mol. The van der Waals surface area contributed by atoms with Gasteiger partial charge in [-0.3, -0.25) is 0 Å². The van der Waals surface area contributed by atoms with Gasteiger partial charge in [0.2, 0.25) is 0 Å². The maximum atomic E-state index is 6.05. The van der Waals surface area contributed by atoms with E-state index >= 15 is 0 Å². The third kappa shape index (κ3) is 5.97. The van der Waals surface area contributed by atoms with E-state index in [0.29, 0.717) is 5.92 Å². The highest BCUT2D eigenvalue weighted by Gasteiger charge is 2.08. The number of para-hydroxylation sites is 2. The average molecular weight is 264 g/mol. The highest BCUT2D eigenvalue weighted by molar-refractivity contribution is 5.56. The topological polar surface area (TPSA) is 47.3 Å². The molecule has 1 unspecified atom stereocenters. The van der Waals surface area contributed by atoms with Gasteiger partial charge in [-0.05, 0) is 24.5 Å². The molecule has 1 aromatic carbocycles. The summed E-state index contributed by atoms with van der Waals surface area (Å²) in [6.45, 7) is 8.03. The maximum absolute atomic E-state index is 6.05. The lowest BCUT2D eigenvalue weighted by molar-refractivity contribution is 0.307. The van der Waals surface area contributed by atoms with Crippen LogP contribution < -0.4 is 15.8 Å². The summed E-state index contributed by atoms with van der Waals surface area (Å²) in [5.74, 6) is 1.40. The molecule has 0 heterocycles. The smallest absolute Gasteiger partial charge is 0.142 e. The van der Waals surface area contributed by atoms with Crippen molar-refractivity contribution in [2.45, 2.75) is 46.1 Å². The van der Waals surface area contributed by atoms with Gasteiger partial charge in [-0.1, -0.05) is 45.7 Å². The maximum Gasteiger partial charge on any atom is 0.142 e. The van der Waals surface area contributed by atoms with Crippen molar-refractivity contribution in [2.24, 2.45) is 11.7 Å². The van der Waals surface area contributed by atoms with Crippen molar-refractivity contribution in [2.75, 3.05) is 18.5 Å². The molecule has 3 nitrogen and oxygen atoms in total. The molecular formula is C16H28N2O. The first-order chi connectivity index (χ1) is 9.15. The van der Waals surface area contributed by atoms with Gasteiger partial charge in [0.05, 0.1) is 12.3 Å². The summed E-state index contributed by atoms with van der Waals surface area (Å²) >= 11 is 0. The molecule has 1 rings (SSSR count). The zero-order chi connectivity index (χ0) is 14.1. The van der Waals surface area contributed by atoms with Gasteiger partial charge in [0.1, 0.15) is 5.75 Å². The van der Waals surface area contributed by atoms with Crippen molar-refractivity contribution < 1.29 is 4.74 Å². The molecule has 0 amide bonds. The Morgan fingerprint density at radius 3 is 2.63 bits per heavy atom. The Morgan fingerprint density at radius 1 is 1.21 bits per heavy atom. The number of nitrogens with one attached hydrogen (secondary N) is 1. The Morgan fingerprint density at radius 2 is 1.95 bits per heavy atom. The molecule has 0 saturated heterocycles. The highest BCUT2D eigenvalue weighted by atomic mass is 16.5. The van der Waals surface area contributed by atoms with E-state index in [9.17, 15) is 0 Å². The van der Waals surface area contributed by atoms with Crippen LogP contribution in [0, 0.1) is 5.92 Å². The lowest BCUT2D eigenvalue weighted by Gasteiger charge is -2.18. The molecule has 0 fully saturated rings. The number of hydrogen-bond donors (Lipinski definition) is 2. The van der Waals surface area contributed by atoms with Crippen molar-refractivity contribution in [1.82, 2.24) is 0 Å². The number of hydrogen-bond acceptors (Lipinski definition) is 3. The van der Waals surface area contributed by atoms with Gasteiger partial charge < -0.3 is 15.8 Å². The molecule has 0 radical (unpaired) electrons. The first-order valence-corrected chi connectivity index (χ1v) is 7.36. The van der Waals surface area contributed by atoms with E-state index in [0.717, 1.165) is 31.0 Å². The van der Waals surface area contributed by atoms with E-state index in [4.69, 9.17) is 10.5 Å². The van der Waals surface area contributed by atoms with E-state index in [2.05, 4.69) is 26.1 Å². The molecule has 0 spiro atoms. The minimum Gasteiger partial charge on any atom is -0.491 e. The molecule has 1 aromatic rings. The summed E-state index contributed by atoms with van der Waals surface area (Å²) in [5.41, 5.74) is 7.09. The van der Waals surface area contributed by atoms with Gasteiger partial charge in [-0.25, -0.2) is 0 Å². The Bertz CT molecular complexity index is 352. The van der Waals surface area contributed by atoms with Crippen LogP contribution in [0.1, 0.15) is 40.0 Å². The highest BCUT2D eigenvalue weighted by Crippen LogP contribution is 2.24. The SMILES string of the molecule is CCCCCOc1ccccc1NCC(N)C(C)C. The van der Waals surface area contributed by atoms with Crippen molar-refractivity contribution in [3.05, 3.63) is 24.3 Å². The van der Waals surface area contributed by atoms with Crippen molar-refractivity contribution >= 4 is 5.69 Å². The largest absolute Gasteiger partial charge is 0.491 e. The van der Waals surface area contributed by atoms with E-state index < -0.39 is 0 Å². The van der Waals surface area contributed by atoms with Gasteiger partial charge in [0.25, 0.3) is 0 Å². The van der Waals surface area contributed by atoms with E-state index in [1.807, 2.05) is 24.3 Å². The summed E-state index contributed by atoms with van der Waals surface area (Å²) in [6.07, 6.45) is 3.54. The third-order valence-electron chi connectivity index (χ3n) is 3.28. The van der Waals surface area contributed by atoms with E-state index in [-0.39, 0.29) is 6.04 Å². The van der Waals surface area contributed by atoms with E-state index in [1.54, 1.807) is 0 Å². The number of rotatable bonds is 9. The van der Waals surface area contributed by atoms with Crippen LogP contribution in [0.5, 0.6) is 5.75 Å². The van der Waals surface area contributed by atoms with Gasteiger partial charge >= 0.3 is 0 Å². The monoisotopic (exact) mass is 264 g/mol. The Hall–Kier alpha value is -1.22. The summed E-state index contributed by atoms with van der Waals surface area (Å²) in [6, 6.07) is 8.23. The summed E-state index contributed by atoms with van der Waals surface area (Å²) in [5, 5.41) is 3.39. The molecule has 0 aliphatic carbocycles. The fourth-order valence-electron chi connectivity index (χ4n) is 1.74. The standard InChI is InChI=1S/C16H28N2O/c1-4-5-8-11-19-16-10-7-6-9-15(16)18-12-14(17)13(2)3/h6-7,9-10,13-14,18H,4-5,8,11-12,17H2,1-3H3. The zero-order valence-corrected chi connectivity index (χ0v) is 12.5. The van der Waals surface area contributed by atoms with Crippen LogP contribution in [0.2, 0.25) is 0 Å². The van der Waals surface area contributed by atoms with Crippen LogP contribution in [-0.2, 0) is 0 Å². The second-order valence-corrected chi connectivity index (χ2v) is 5.34. The van der Waals surface area contributed by atoms with Gasteiger partial charge in [-0.15, -0.1) is 0 Å². The van der Waals surface area contributed by atoms with Crippen LogP contribution in [0.4, 0.5) is 5.69 Å². The Labute approximate surface area is 117 Å². The number of nitrogens with two attached hydrogens (primary N) is 1. The minimum atomic E-state index is 0.160.